The van der Waals surface area contributed by atoms with Crippen LogP contribution in [-0.4, -0.2) is 48.5 Å². The highest BCUT2D eigenvalue weighted by molar-refractivity contribution is 5.79. The molecule has 20 heavy (non-hydrogen) atoms. The van der Waals surface area contributed by atoms with Crippen LogP contribution in [0.1, 0.15) is 40.5 Å². The van der Waals surface area contributed by atoms with Gasteiger partial charge >= 0.3 is 12.1 Å². The van der Waals surface area contributed by atoms with Gasteiger partial charge in [0.05, 0.1) is 5.41 Å². The maximum Gasteiger partial charge on any atom is 0.410 e. The van der Waals surface area contributed by atoms with Crippen molar-refractivity contribution in [1.82, 2.24) is 4.90 Å². The van der Waals surface area contributed by atoms with E-state index in [0.717, 1.165) is 0 Å². The minimum absolute atomic E-state index is 0.249. The number of nitrogens with zero attached hydrogens (tertiary/aromatic N) is 1. The third kappa shape index (κ3) is 4.51. The molecule has 0 N–H and O–H groups in total. The molecule has 1 aliphatic rings. The molecule has 0 radical (unpaired) electrons. The zero-order valence-electron chi connectivity index (χ0n) is 12.6. The van der Waals surface area contributed by atoms with Gasteiger partial charge in [-0.05, 0) is 40.5 Å². The van der Waals surface area contributed by atoms with Crippen LogP contribution < -0.4 is 0 Å². The Kier molecular flexibility index (Phi) is 5.14. The first-order valence-corrected chi connectivity index (χ1v) is 6.77. The number of carbonyl (C=O) groups excluding carboxylic acids is 3. The van der Waals surface area contributed by atoms with Gasteiger partial charge in [-0.3, -0.25) is 9.59 Å². The van der Waals surface area contributed by atoms with Crippen molar-refractivity contribution < 1.29 is 23.9 Å². The number of amides is 1. The van der Waals surface area contributed by atoms with Gasteiger partial charge in [0.2, 0.25) is 0 Å². The Bertz CT molecular complexity index is 388. The molecular weight excluding hydrogens is 262 g/mol. The third-order valence-corrected chi connectivity index (χ3v) is 3.12. The third-order valence-electron chi connectivity index (χ3n) is 3.12. The molecule has 0 saturated carbocycles. The second-order valence-corrected chi connectivity index (χ2v) is 6.33. The molecule has 1 rings (SSSR count). The number of piperidine rings is 1. The Morgan fingerprint density at radius 3 is 2.55 bits per heavy atom. The van der Waals surface area contributed by atoms with Gasteiger partial charge in [-0.15, -0.1) is 0 Å². The second kappa shape index (κ2) is 6.24. The van der Waals surface area contributed by atoms with Crippen molar-refractivity contribution in [1.29, 1.82) is 0 Å². The van der Waals surface area contributed by atoms with Gasteiger partial charge in [-0.25, -0.2) is 4.79 Å². The van der Waals surface area contributed by atoms with E-state index in [2.05, 4.69) is 0 Å². The number of ether oxygens (including phenoxy) is 2. The van der Waals surface area contributed by atoms with Crippen molar-refractivity contribution in [2.24, 2.45) is 5.41 Å². The van der Waals surface area contributed by atoms with E-state index < -0.39 is 23.1 Å². The lowest BCUT2D eigenvalue weighted by Crippen LogP contribution is -2.50. The van der Waals surface area contributed by atoms with Crippen molar-refractivity contribution in [3.05, 3.63) is 0 Å². The number of rotatable bonds is 3. The summed E-state index contributed by atoms with van der Waals surface area (Å²) in [6, 6.07) is 0. The summed E-state index contributed by atoms with van der Waals surface area (Å²) in [6.07, 6.45) is 1.44. The Morgan fingerprint density at radius 1 is 1.35 bits per heavy atom. The van der Waals surface area contributed by atoms with Gasteiger partial charge in [0.15, 0.2) is 6.29 Å². The normalized spacial score (nSPS) is 23.1. The minimum atomic E-state index is -0.780. The van der Waals surface area contributed by atoms with Crippen LogP contribution in [0.15, 0.2) is 0 Å². The maximum atomic E-state index is 12.0. The van der Waals surface area contributed by atoms with E-state index in [9.17, 15) is 14.4 Å². The summed E-state index contributed by atoms with van der Waals surface area (Å²) in [6.45, 7) is 7.70. The lowest BCUT2D eigenvalue weighted by atomic mass is 9.82. The first kappa shape index (κ1) is 16.5. The summed E-state index contributed by atoms with van der Waals surface area (Å²) >= 11 is 0. The molecule has 1 fully saturated rings. The molecule has 6 heteroatoms. The average Bonchev–Trinajstić information content (AvgIpc) is 2.33. The van der Waals surface area contributed by atoms with E-state index >= 15 is 0 Å². The molecule has 1 unspecified atom stereocenters. The van der Waals surface area contributed by atoms with Gasteiger partial charge < -0.3 is 14.4 Å². The summed E-state index contributed by atoms with van der Waals surface area (Å²) < 4.78 is 10.2. The molecule has 0 aromatic rings. The smallest absolute Gasteiger partial charge is 0.410 e. The molecule has 0 bridgehead atoms. The molecule has 1 saturated heterocycles. The summed E-state index contributed by atoms with van der Waals surface area (Å²) in [5, 5.41) is 0. The first-order chi connectivity index (χ1) is 9.18. The van der Waals surface area contributed by atoms with Crippen LogP contribution in [0.4, 0.5) is 4.79 Å². The summed E-state index contributed by atoms with van der Waals surface area (Å²) in [5.74, 6) is -0.446. The predicted molar refractivity (Wildman–Crippen MR) is 72.2 cm³/mol. The number of hydrogen-bond donors (Lipinski definition) is 0. The monoisotopic (exact) mass is 285 g/mol. The zero-order chi connectivity index (χ0) is 15.4. The Balaban J connectivity index is 2.67. The van der Waals surface area contributed by atoms with Crippen LogP contribution in [0.25, 0.3) is 0 Å². The number of hydrogen-bond acceptors (Lipinski definition) is 5. The van der Waals surface area contributed by atoms with E-state index in [1.807, 2.05) is 0 Å². The van der Waals surface area contributed by atoms with E-state index in [0.29, 0.717) is 25.7 Å². The average molecular weight is 285 g/mol. The van der Waals surface area contributed by atoms with Gasteiger partial charge in [-0.2, -0.15) is 0 Å². The van der Waals surface area contributed by atoms with Crippen LogP contribution >= 0.6 is 0 Å². The van der Waals surface area contributed by atoms with Crippen LogP contribution in [-0.2, 0) is 19.1 Å². The summed E-state index contributed by atoms with van der Waals surface area (Å²) in [5.41, 5.74) is -1.35. The van der Waals surface area contributed by atoms with Crippen molar-refractivity contribution in [2.45, 2.75) is 46.1 Å². The highest BCUT2D eigenvalue weighted by Crippen LogP contribution is 2.31. The van der Waals surface area contributed by atoms with E-state index in [1.54, 1.807) is 27.7 Å². The SMILES string of the molecule is CC(C)(C)OC(=O)N1CCCC(C)(C(=O)OCC=O)C1. The topological polar surface area (TPSA) is 72.9 Å². The molecule has 1 amide bonds. The molecule has 1 aliphatic heterocycles. The molecule has 0 aromatic heterocycles. The maximum absolute atomic E-state index is 12.0. The molecule has 0 aromatic carbocycles. The van der Waals surface area contributed by atoms with E-state index in [4.69, 9.17) is 9.47 Å². The molecule has 1 atom stereocenters. The Labute approximate surface area is 119 Å². The highest BCUT2D eigenvalue weighted by atomic mass is 16.6. The van der Waals surface area contributed by atoms with Crippen molar-refractivity contribution >= 4 is 18.3 Å². The van der Waals surface area contributed by atoms with Gasteiger partial charge in [0.1, 0.15) is 12.2 Å². The fourth-order valence-corrected chi connectivity index (χ4v) is 2.17. The fourth-order valence-electron chi connectivity index (χ4n) is 2.17. The standard InChI is InChI=1S/C14H23NO5/c1-13(2,3)20-12(18)15-7-5-6-14(4,10-15)11(17)19-9-8-16/h8H,5-7,9-10H2,1-4H3. The van der Waals surface area contributed by atoms with Gasteiger partial charge in [0, 0.05) is 13.1 Å². The second-order valence-electron chi connectivity index (χ2n) is 6.33. The number of aldehydes is 1. The van der Waals surface area contributed by atoms with Crippen molar-refractivity contribution in [3.63, 3.8) is 0 Å². The van der Waals surface area contributed by atoms with Gasteiger partial charge in [0.25, 0.3) is 0 Å². The quantitative estimate of drug-likeness (QED) is 0.583. The number of likely N-dealkylation sites (tertiary alicyclic amines) is 1. The van der Waals surface area contributed by atoms with Crippen LogP contribution in [0, 0.1) is 5.41 Å². The fraction of sp³-hybridized carbons (Fsp3) is 0.786. The molecule has 1 heterocycles. The first-order valence-electron chi connectivity index (χ1n) is 6.77. The number of esters is 1. The summed E-state index contributed by atoms with van der Waals surface area (Å²) in [7, 11) is 0. The Hall–Kier alpha value is -1.59. The van der Waals surface area contributed by atoms with E-state index in [-0.39, 0.29) is 13.2 Å². The highest BCUT2D eigenvalue weighted by Gasteiger charge is 2.41. The van der Waals surface area contributed by atoms with Crippen LogP contribution in [0.3, 0.4) is 0 Å². The largest absolute Gasteiger partial charge is 0.458 e. The molecule has 0 spiro atoms. The minimum Gasteiger partial charge on any atom is -0.458 e. The van der Waals surface area contributed by atoms with Crippen LogP contribution in [0.5, 0.6) is 0 Å². The Morgan fingerprint density at radius 2 is 2.00 bits per heavy atom. The lowest BCUT2D eigenvalue weighted by molar-refractivity contribution is -0.158. The van der Waals surface area contributed by atoms with Crippen molar-refractivity contribution in [3.8, 4) is 0 Å². The van der Waals surface area contributed by atoms with Gasteiger partial charge in [-0.1, -0.05) is 0 Å². The molecular formula is C14H23NO5. The summed E-state index contributed by atoms with van der Waals surface area (Å²) in [4.78, 5) is 35.8. The zero-order valence-corrected chi connectivity index (χ0v) is 12.6. The lowest BCUT2D eigenvalue weighted by Gasteiger charge is -2.38. The van der Waals surface area contributed by atoms with E-state index in [1.165, 1.54) is 4.90 Å². The predicted octanol–water partition coefficient (Wildman–Crippen LogP) is 1.77. The molecule has 114 valence electrons. The van der Waals surface area contributed by atoms with Crippen molar-refractivity contribution in [2.75, 3.05) is 19.7 Å². The number of carbonyl (C=O) groups is 3. The molecule has 6 nitrogen and oxygen atoms in total. The molecule has 0 aliphatic carbocycles. The van der Waals surface area contributed by atoms with Crippen LogP contribution in [0.2, 0.25) is 0 Å².